The predicted molar refractivity (Wildman–Crippen MR) is 117 cm³/mol. The van der Waals surface area contributed by atoms with Crippen LogP contribution in [0.4, 0.5) is 11.4 Å². The van der Waals surface area contributed by atoms with Gasteiger partial charge in [0.1, 0.15) is 23.3 Å². The summed E-state index contributed by atoms with van der Waals surface area (Å²) in [6, 6.07) is 15.3. The Labute approximate surface area is 183 Å². The molecule has 162 valence electrons. The third-order valence-electron chi connectivity index (χ3n) is 5.09. The molecule has 1 aliphatic heterocycles. The lowest BCUT2D eigenvalue weighted by atomic mass is 9.99. The summed E-state index contributed by atoms with van der Waals surface area (Å²) in [6.07, 6.45) is 1.43. The Balaban J connectivity index is 1.82. The minimum Gasteiger partial charge on any atom is -0.507 e. The lowest BCUT2D eigenvalue weighted by molar-refractivity contribution is -0.132. The molecule has 4 rings (SSSR count). The van der Waals surface area contributed by atoms with E-state index in [4.69, 9.17) is 9.15 Å². The van der Waals surface area contributed by atoms with Crippen molar-refractivity contribution in [2.24, 2.45) is 0 Å². The lowest BCUT2D eigenvalue weighted by Crippen LogP contribution is -2.29. The van der Waals surface area contributed by atoms with Crippen LogP contribution in [0.2, 0.25) is 0 Å². The van der Waals surface area contributed by atoms with Crippen LogP contribution < -0.4 is 15.0 Å². The normalized spacial score (nSPS) is 17.4. The smallest absolute Gasteiger partial charge is 0.300 e. The molecular weight excluding hydrogens is 412 g/mol. The highest BCUT2D eigenvalue weighted by Gasteiger charge is 2.48. The first-order chi connectivity index (χ1) is 15.4. The maximum atomic E-state index is 13.0. The summed E-state index contributed by atoms with van der Waals surface area (Å²) in [5, 5.41) is 13.7. The highest BCUT2D eigenvalue weighted by atomic mass is 16.5. The number of Topliss-reactive ketones (excluding diaryl/α,β-unsaturated/α-hetero) is 1. The number of hydrogen-bond acceptors (Lipinski definition) is 6. The Morgan fingerprint density at radius 2 is 1.75 bits per heavy atom. The Morgan fingerprint density at radius 3 is 2.31 bits per heavy atom. The number of hydrogen-bond donors (Lipinski definition) is 2. The zero-order valence-electron chi connectivity index (χ0n) is 17.4. The molecule has 0 aliphatic carbocycles. The number of amides is 2. The summed E-state index contributed by atoms with van der Waals surface area (Å²) in [5.74, 6) is -1.26. The first-order valence-electron chi connectivity index (χ1n) is 9.77. The van der Waals surface area contributed by atoms with Crippen LogP contribution in [0.15, 0.2) is 76.9 Å². The van der Waals surface area contributed by atoms with Crippen LogP contribution in [0, 0.1) is 0 Å². The van der Waals surface area contributed by atoms with Gasteiger partial charge >= 0.3 is 0 Å². The molecule has 8 heteroatoms. The average Bonchev–Trinajstić information content (AvgIpc) is 3.41. The monoisotopic (exact) mass is 432 g/mol. The number of nitrogens with one attached hydrogen (secondary N) is 1. The van der Waals surface area contributed by atoms with Crippen molar-refractivity contribution < 1.29 is 28.6 Å². The molecular formula is C24H20N2O6. The Hall–Kier alpha value is -4.33. The number of methoxy groups -OCH3 is 1. The van der Waals surface area contributed by atoms with Crippen molar-refractivity contribution in [1.82, 2.24) is 0 Å². The fraction of sp³-hybridized carbons (Fsp3) is 0.125. The van der Waals surface area contributed by atoms with Gasteiger partial charge in [0.05, 0.1) is 18.9 Å². The van der Waals surface area contributed by atoms with Crippen LogP contribution in [0.1, 0.15) is 24.3 Å². The molecule has 1 fully saturated rings. The third-order valence-corrected chi connectivity index (χ3v) is 5.09. The molecule has 2 N–H and O–H groups in total. The fourth-order valence-electron chi connectivity index (χ4n) is 3.63. The van der Waals surface area contributed by atoms with E-state index in [0.717, 1.165) is 0 Å². The number of carbonyl (C=O) groups is 3. The standard InChI is InChI=1S/C24H20N2O6/c1-14(27)25-16-7-9-17(10-8-16)26-21(19-4-3-13-32-19)20(23(29)24(26)30)22(28)15-5-11-18(31-2)12-6-15/h3-13,21,28H,1-2H3,(H,25,27)/b22-20-. The summed E-state index contributed by atoms with van der Waals surface area (Å²) in [6.45, 7) is 1.39. The third kappa shape index (κ3) is 3.74. The molecule has 1 aliphatic rings. The number of nitrogens with zero attached hydrogens (tertiary/aromatic N) is 1. The molecule has 1 saturated heterocycles. The molecule has 8 nitrogen and oxygen atoms in total. The van der Waals surface area contributed by atoms with Gasteiger partial charge in [0.2, 0.25) is 5.91 Å². The number of anilines is 2. The summed E-state index contributed by atoms with van der Waals surface area (Å²) >= 11 is 0. The van der Waals surface area contributed by atoms with E-state index in [9.17, 15) is 19.5 Å². The second-order valence-electron chi connectivity index (χ2n) is 7.14. The lowest BCUT2D eigenvalue weighted by Gasteiger charge is -2.23. The number of rotatable bonds is 5. The molecule has 1 aromatic heterocycles. The molecule has 1 atom stereocenters. The summed E-state index contributed by atoms with van der Waals surface area (Å²) in [7, 11) is 1.52. The fourth-order valence-corrected chi connectivity index (χ4v) is 3.63. The molecule has 2 aromatic carbocycles. The summed E-state index contributed by atoms with van der Waals surface area (Å²) in [5.41, 5.74) is 1.24. The Kier molecular flexibility index (Phi) is 5.51. The van der Waals surface area contributed by atoms with Crippen molar-refractivity contribution >= 4 is 34.7 Å². The Morgan fingerprint density at radius 1 is 1.06 bits per heavy atom. The molecule has 2 amide bonds. The first-order valence-corrected chi connectivity index (χ1v) is 9.77. The van der Waals surface area contributed by atoms with Crippen molar-refractivity contribution in [2.45, 2.75) is 13.0 Å². The molecule has 2 heterocycles. The van der Waals surface area contributed by atoms with Crippen LogP contribution >= 0.6 is 0 Å². The van der Waals surface area contributed by atoms with E-state index in [0.29, 0.717) is 28.4 Å². The van der Waals surface area contributed by atoms with E-state index in [2.05, 4.69) is 5.32 Å². The van der Waals surface area contributed by atoms with E-state index in [1.807, 2.05) is 0 Å². The van der Waals surface area contributed by atoms with Crippen LogP contribution in [0.3, 0.4) is 0 Å². The number of ether oxygens (including phenoxy) is 1. The SMILES string of the molecule is COc1ccc(/C(O)=C2/C(=O)C(=O)N(c3ccc(NC(C)=O)cc3)C2c2ccco2)cc1. The van der Waals surface area contributed by atoms with Crippen LogP contribution in [0.25, 0.3) is 5.76 Å². The topological polar surface area (TPSA) is 109 Å². The quantitative estimate of drug-likeness (QED) is 0.360. The maximum Gasteiger partial charge on any atom is 0.300 e. The number of aliphatic hydroxyl groups excluding tert-OH is 1. The van der Waals surface area contributed by atoms with Gasteiger partial charge in [0.15, 0.2) is 0 Å². The number of furan rings is 1. The number of benzene rings is 2. The predicted octanol–water partition coefficient (Wildman–Crippen LogP) is 3.87. The van der Waals surface area contributed by atoms with Crippen LogP contribution in [0.5, 0.6) is 5.75 Å². The van der Waals surface area contributed by atoms with E-state index in [1.54, 1.807) is 60.7 Å². The number of ketones is 1. The van der Waals surface area contributed by atoms with Crippen molar-refractivity contribution in [1.29, 1.82) is 0 Å². The Bertz CT molecular complexity index is 1190. The molecule has 1 unspecified atom stereocenters. The van der Waals surface area contributed by atoms with Crippen LogP contribution in [-0.2, 0) is 14.4 Å². The van der Waals surface area contributed by atoms with E-state index >= 15 is 0 Å². The molecule has 0 radical (unpaired) electrons. The van der Waals surface area contributed by atoms with E-state index in [-0.39, 0.29) is 17.2 Å². The zero-order valence-corrected chi connectivity index (χ0v) is 17.4. The van der Waals surface area contributed by atoms with Crippen molar-refractivity contribution in [2.75, 3.05) is 17.3 Å². The summed E-state index contributed by atoms with van der Waals surface area (Å²) in [4.78, 5) is 38.6. The highest BCUT2D eigenvalue weighted by molar-refractivity contribution is 6.51. The van der Waals surface area contributed by atoms with Gasteiger partial charge in [0, 0.05) is 23.9 Å². The minimum absolute atomic E-state index is 0.0824. The van der Waals surface area contributed by atoms with Gasteiger partial charge in [-0.15, -0.1) is 0 Å². The van der Waals surface area contributed by atoms with E-state index < -0.39 is 17.7 Å². The first kappa shape index (κ1) is 20.9. The molecule has 32 heavy (non-hydrogen) atoms. The molecule has 0 bridgehead atoms. The highest BCUT2D eigenvalue weighted by Crippen LogP contribution is 2.42. The van der Waals surface area contributed by atoms with Gasteiger partial charge in [0.25, 0.3) is 11.7 Å². The summed E-state index contributed by atoms with van der Waals surface area (Å²) < 4.78 is 10.7. The second kappa shape index (κ2) is 8.43. The minimum atomic E-state index is -0.960. The molecule has 0 saturated carbocycles. The van der Waals surface area contributed by atoms with E-state index in [1.165, 1.54) is 25.2 Å². The van der Waals surface area contributed by atoms with Crippen molar-refractivity contribution in [3.63, 3.8) is 0 Å². The van der Waals surface area contributed by atoms with Crippen molar-refractivity contribution in [3.8, 4) is 5.75 Å². The molecule has 0 spiro atoms. The van der Waals surface area contributed by atoms with Crippen molar-refractivity contribution in [3.05, 3.63) is 83.8 Å². The van der Waals surface area contributed by atoms with Gasteiger partial charge in [-0.3, -0.25) is 19.3 Å². The average molecular weight is 432 g/mol. The zero-order chi connectivity index (χ0) is 22.8. The van der Waals surface area contributed by atoms with Gasteiger partial charge in [-0.05, 0) is 60.7 Å². The second-order valence-corrected chi connectivity index (χ2v) is 7.14. The number of carbonyl (C=O) groups excluding carboxylic acids is 3. The van der Waals surface area contributed by atoms with Gasteiger partial charge in [-0.25, -0.2) is 0 Å². The van der Waals surface area contributed by atoms with Gasteiger partial charge in [-0.2, -0.15) is 0 Å². The van der Waals surface area contributed by atoms with Gasteiger partial charge < -0.3 is 19.6 Å². The van der Waals surface area contributed by atoms with Crippen LogP contribution in [-0.4, -0.2) is 29.8 Å². The number of aliphatic hydroxyl groups is 1. The maximum absolute atomic E-state index is 13.0. The van der Waals surface area contributed by atoms with Gasteiger partial charge in [-0.1, -0.05) is 0 Å². The largest absolute Gasteiger partial charge is 0.507 e. The molecule has 3 aromatic rings.